The summed E-state index contributed by atoms with van der Waals surface area (Å²) in [5.41, 5.74) is 3.42. The van der Waals surface area contributed by atoms with Crippen molar-refractivity contribution >= 4 is 17.5 Å². The fourth-order valence-electron chi connectivity index (χ4n) is 4.00. The van der Waals surface area contributed by atoms with E-state index in [4.69, 9.17) is 4.74 Å². The average Bonchev–Trinajstić information content (AvgIpc) is 2.86. The van der Waals surface area contributed by atoms with Crippen molar-refractivity contribution in [1.82, 2.24) is 10.3 Å². The third kappa shape index (κ3) is 6.03. The number of pyridine rings is 1. The average molecular weight is 446 g/mol. The van der Waals surface area contributed by atoms with Crippen molar-refractivity contribution in [3.05, 3.63) is 84.7 Å². The second kappa shape index (κ2) is 10.8. The Hall–Kier alpha value is -3.55. The maximum Gasteiger partial charge on any atom is 0.251 e. The lowest BCUT2D eigenvalue weighted by Gasteiger charge is -2.36. The van der Waals surface area contributed by atoms with Crippen LogP contribution in [0.25, 0.3) is 11.1 Å². The number of rotatable bonds is 7. The van der Waals surface area contributed by atoms with Gasteiger partial charge in [-0.3, -0.25) is 14.6 Å². The fourth-order valence-corrected chi connectivity index (χ4v) is 4.00. The summed E-state index contributed by atoms with van der Waals surface area (Å²) in [6.07, 6.45) is 3.64. The van der Waals surface area contributed by atoms with Crippen molar-refractivity contribution in [1.29, 1.82) is 0 Å². The summed E-state index contributed by atoms with van der Waals surface area (Å²) in [4.78, 5) is 28.9. The van der Waals surface area contributed by atoms with Gasteiger partial charge in [-0.05, 0) is 48.2 Å². The number of hydrogen-bond donors (Lipinski definition) is 3. The SMILES string of the molecule is O=C(C[C@@H]1CC[C@H](NC(=O)c2ccncc2)[C@H](CO)O1)Nc1ccc(-c2ccccc2)cc1. The van der Waals surface area contributed by atoms with Crippen LogP contribution in [0.15, 0.2) is 79.1 Å². The van der Waals surface area contributed by atoms with Crippen LogP contribution in [-0.4, -0.2) is 46.8 Å². The number of ether oxygens (including phenoxy) is 1. The van der Waals surface area contributed by atoms with Crippen LogP contribution in [0.5, 0.6) is 0 Å². The molecule has 4 rings (SSSR count). The molecular weight excluding hydrogens is 418 g/mol. The van der Waals surface area contributed by atoms with E-state index in [-0.39, 0.29) is 37.0 Å². The monoisotopic (exact) mass is 445 g/mol. The van der Waals surface area contributed by atoms with Crippen molar-refractivity contribution in [2.75, 3.05) is 11.9 Å². The van der Waals surface area contributed by atoms with Gasteiger partial charge in [0.15, 0.2) is 0 Å². The molecule has 2 aromatic carbocycles. The largest absolute Gasteiger partial charge is 0.394 e. The highest BCUT2D eigenvalue weighted by Gasteiger charge is 2.33. The van der Waals surface area contributed by atoms with Crippen LogP contribution in [0.3, 0.4) is 0 Å². The zero-order chi connectivity index (χ0) is 23.0. The van der Waals surface area contributed by atoms with Crippen LogP contribution < -0.4 is 10.6 Å². The molecule has 3 atom stereocenters. The number of carbonyl (C=O) groups is 2. The van der Waals surface area contributed by atoms with Gasteiger partial charge in [-0.2, -0.15) is 0 Å². The number of carbonyl (C=O) groups excluding carboxylic acids is 2. The lowest BCUT2D eigenvalue weighted by atomic mass is 9.96. The minimum Gasteiger partial charge on any atom is -0.394 e. The maximum absolute atomic E-state index is 12.5. The first-order valence-electron chi connectivity index (χ1n) is 11.0. The number of amides is 2. The highest BCUT2D eigenvalue weighted by atomic mass is 16.5. The quantitative estimate of drug-likeness (QED) is 0.517. The number of aromatic nitrogens is 1. The van der Waals surface area contributed by atoms with Gasteiger partial charge in [-0.25, -0.2) is 0 Å². The Morgan fingerprint density at radius 3 is 2.33 bits per heavy atom. The Bertz CT molecular complexity index is 1060. The van der Waals surface area contributed by atoms with Gasteiger partial charge < -0.3 is 20.5 Å². The molecule has 1 fully saturated rings. The Kier molecular flexibility index (Phi) is 7.44. The van der Waals surface area contributed by atoms with Gasteiger partial charge in [0, 0.05) is 23.6 Å². The Morgan fingerprint density at radius 1 is 0.939 bits per heavy atom. The first kappa shape index (κ1) is 22.6. The van der Waals surface area contributed by atoms with Crippen LogP contribution in [0.4, 0.5) is 5.69 Å². The summed E-state index contributed by atoms with van der Waals surface area (Å²) in [6.45, 7) is -0.236. The van der Waals surface area contributed by atoms with E-state index in [2.05, 4.69) is 15.6 Å². The fraction of sp³-hybridized carbons (Fsp3) is 0.269. The van der Waals surface area contributed by atoms with Gasteiger partial charge >= 0.3 is 0 Å². The normalized spacial score (nSPS) is 20.1. The van der Waals surface area contributed by atoms with E-state index >= 15 is 0 Å². The molecule has 2 heterocycles. The molecule has 3 N–H and O–H groups in total. The summed E-state index contributed by atoms with van der Waals surface area (Å²) in [5, 5.41) is 15.6. The van der Waals surface area contributed by atoms with Crippen LogP contribution in [-0.2, 0) is 9.53 Å². The van der Waals surface area contributed by atoms with Crippen molar-refractivity contribution in [3.8, 4) is 11.1 Å². The van der Waals surface area contributed by atoms with E-state index in [1.54, 1.807) is 24.5 Å². The number of nitrogens with one attached hydrogen (secondary N) is 2. The molecule has 7 heteroatoms. The lowest BCUT2D eigenvalue weighted by Crippen LogP contribution is -2.51. The molecule has 7 nitrogen and oxygen atoms in total. The van der Waals surface area contributed by atoms with Crippen molar-refractivity contribution in [2.24, 2.45) is 0 Å². The second-order valence-corrected chi connectivity index (χ2v) is 8.07. The number of aliphatic hydroxyl groups is 1. The number of aliphatic hydroxyl groups excluding tert-OH is 1. The third-order valence-electron chi connectivity index (χ3n) is 5.74. The molecule has 170 valence electrons. The summed E-state index contributed by atoms with van der Waals surface area (Å²) in [5.74, 6) is -0.386. The Labute approximate surface area is 192 Å². The van der Waals surface area contributed by atoms with E-state index in [9.17, 15) is 14.7 Å². The van der Waals surface area contributed by atoms with Crippen LogP contribution in [0.1, 0.15) is 29.6 Å². The summed E-state index contributed by atoms with van der Waals surface area (Å²) in [6, 6.07) is 20.7. The molecule has 1 aliphatic heterocycles. The molecule has 0 unspecified atom stereocenters. The molecule has 3 aromatic rings. The number of nitrogens with zero attached hydrogens (tertiary/aromatic N) is 1. The molecule has 0 bridgehead atoms. The molecule has 2 amide bonds. The lowest BCUT2D eigenvalue weighted by molar-refractivity contribution is -0.126. The van der Waals surface area contributed by atoms with E-state index < -0.39 is 6.10 Å². The predicted octanol–water partition coefficient (Wildman–Crippen LogP) is 3.42. The van der Waals surface area contributed by atoms with E-state index in [1.165, 1.54) is 0 Å². The summed E-state index contributed by atoms with van der Waals surface area (Å²) >= 11 is 0. The highest BCUT2D eigenvalue weighted by molar-refractivity contribution is 5.94. The van der Waals surface area contributed by atoms with Gasteiger partial charge in [0.05, 0.1) is 25.2 Å². The van der Waals surface area contributed by atoms with Crippen LogP contribution in [0.2, 0.25) is 0 Å². The van der Waals surface area contributed by atoms with Gasteiger partial charge in [-0.1, -0.05) is 42.5 Å². The maximum atomic E-state index is 12.5. The van der Waals surface area contributed by atoms with E-state index in [0.29, 0.717) is 18.4 Å². The smallest absolute Gasteiger partial charge is 0.251 e. The topological polar surface area (TPSA) is 101 Å². The van der Waals surface area contributed by atoms with Crippen molar-refractivity contribution in [3.63, 3.8) is 0 Å². The molecular formula is C26H27N3O4. The van der Waals surface area contributed by atoms with Crippen LogP contribution >= 0.6 is 0 Å². The molecule has 1 aromatic heterocycles. The molecule has 0 saturated carbocycles. The molecule has 1 saturated heterocycles. The van der Waals surface area contributed by atoms with Crippen LogP contribution in [0, 0.1) is 0 Å². The minimum absolute atomic E-state index is 0.150. The van der Waals surface area contributed by atoms with Gasteiger partial charge in [-0.15, -0.1) is 0 Å². The highest BCUT2D eigenvalue weighted by Crippen LogP contribution is 2.24. The Balaban J connectivity index is 1.28. The third-order valence-corrected chi connectivity index (χ3v) is 5.74. The summed E-state index contributed by atoms with van der Waals surface area (Å²) in [7, 11) is 0. The van der Waals surface area contributed by atoms with Crippen molar-refractivity contribution in [2.45, 2.75) is 37.5 Å². The number of benzene rings is 2. The molecule has 0 radical (unpaired) electrons. The van der Waals surface area contributed by atoms with Gasteiger partial charge in [0.25, 0.3) is 5.91 Å². The predicted molar refractivity (Wildman–Crippen MR) is 126 cm³/mol. The van der Waals surface area contributed by atoms with Gasteiger partial charge in [0.2, 0.25) is 5.91 Å². The second-order valence-electron chi connectivity index (χ2n) is 8.07. The Morgan fingerprint density at radius 2 is 1.64 bits per heavy atom. The minimum atomic E-state index is -0.563. The first-order valence-corrected chi connectivity index (χ1v) is 11.0. The molecule has 1 aliphatic rings. The molecule has 0 spiro atoms. The van der Waals surface area contributed by atoms with E-state index in [0.717, 1.165) is 16.8 Å². The molecule has 0 aliphatic carbocycles. The van der Waals surface area contributed by atoms with E-state index in [1.807, 2.05) is 54.6 Å². The molecule has 33 heavy (non-hydrogen) atoms. The zero-order valence-electron chi connectivity index (χ0n) is 18.2. The van der Waals surface area contributed by atoms with Crippen molar-refractivity contribution < 1.29 is 19.4 Å². The van der Waals surface area contributed by atoms with Gasteiger partial charge in [0.1, 0.15) is 6.10 Å². The zero-order valence-corrected chi connectivity index (χ0v) is 18.2. The first-order chi connectivity index (χ1) is 16.1. The summed E-state index contributed by atoms with van der Waals surface area (Å²) < 4.78 is 5.93. The number of hydrogen-bond acceptors (Lipinski definition) is 5. The number of anilines is 1. The standard InChI is InChI=1S/C26H27N3O4/c30-17-24-23(29-26(32)20-12-14-27-15-13-20)11-10-22(33-24)16-25(31)28-21-8-6-19(7-9-21)18-4-2-1-3-5-18/h1-9,12-15,22-24,30H,10-11,16-17H2,(H,28,31)(H,29,32)/t22-,23-,24-/m0/s1.